The summed E-state index contributed by atoms with van der Waals surface area (Å²) < 4.78 is 0. The van der Waals surface area contributed by atoms with Gasteiger partial charge < -0.3 is 24.9 Å². The van der Waals surface area contributed by atoms with Crippen molar-refractivity contribution in [2.24, 2.45) is 0 Å². The monoisotopic (exact) mass is 200 g/mol. The first-order chi connectivity index (χ1) is 4.24. The molecular weight excluding hydrogens is 197 g/mol. The van der Waals surface area contributed by atoms with E-state index in [1.165, 1.54) is 0 Å². The summed E-state index contributed by atoms with van der Waals surface area (Å²) in [5.74, 6) is 0. The van der Waals surface area contributed by atoms with Crippen molar-refractivity contribution in [2.45, 2.75) is 0 Å². The van der Waals surface area contributed by atoms with Gasteiger partial charge in [-0.15, -0.1) is 0 Å². The van der Waals surface area contributed by atoms with Gasteiger partial charge in [0, 0.05) is 12.9 Å². The molecule has 0 aliphatic heterocycles. The van der Waals surface area contributed by atoms with Gasteiger partial charge in [-0.2, -0.15) is 0 Å². The van der Waals surface area contributed by atoms with Crippen LogP contribution in [-0.4, -0.2) is 24.5 Å². The van der Waals surface area contributed by atoms with Gasteiger partial charge in [-0.05, 0) is 0 Å². The Morgan fingerprint density at radius 2 is 1.00 bits per heavy atom. The number of carbonyl (C=O) groups is 3. The third-order valence-electron chi connectivity index (χ3n) is 0. The van der Waals surface area contributed by atoms with E-state index in [1.54, 1.807) is 0 Å². The summed E-state index contributed by atoms with van der Waals surface area (Å²) in [5, 5.41) is 23.4. The van der Waals surface area contributed by atoms with Crippen LogP contribution in [0, 0.1) is 0 Å². The average molecular weight is 201 g/mol. The Bertz CT molecular complexity index is 49.7. The SMILES string of the molecule is O=CO.O=C[O-].O=C[O-].[Zn+2]. The van der Waals surface area contributed by atoms with E-state index in [1.807, 2.05) is 0 Å². The fourth-order valence-electron chi connectivity index (χ4n) is 0. The van der Waals surface area contributed by atoms with Gasteiger partial charge in [0.05, 0.1) is 0 Å². The summed E-state index contributed by atoms with van der Waals surface area (Å²) in [6.07, 6.45) is 0. The second-order valence-corrected chi connectivity index (χ2v) is 0.298. The molecule has 0 aromatic rings. The Morgan fingerprint density at radius 1 is 1.00 bits per heavy atom. The first-order valence-corrected chi connectivity index (χ1v) is 1.44. The van der Waals surface area contributed by atoms with Crippen molar-refractivity contribution in [1.82, 2.24) is 0 Å². The van der Waals surface area contributed by atoms with Gasteiger partial charge in [-0.3, -0.25) is 4.79 Å². The molecule has 0 atom stereocenters. The summed E-state index contributed by atoms with van der Waals surface area (Å²) in [6.45, 7) is -1.25. The van der Waals surface area contributed by atoms with Crippen molar-refractivity contribution >= 4 is 19.4 Å². The topological polar surface area (TPSA) is 118 Å². The van der Waals surface area contributed by atoms with Gasteiger partial charge in [-0.1, -0.05) is 0 Å². The van der Waals surface area contributed by atoms with Gasteiger partial charge in [0.2, 0.25) is 0 Å². The van der Waals surface area contributed by atoms with Crippen molar-refractivity contribution in [2.75, 3.05) is 0 Å². The molecule has 0 rings (SSSR count). The second kappa shape index (κ2) is 96.1. The molecule has 0 aliphatic rings. The Kier molecular flexibility index (Phi) is 221. The van der Waals surface area contributed by atoms with Crippen molar-refractivity contribution in [3.8, 4) is 0 Å². The van der Waals surface area contributed by atoms with Gasteiger partial charge in [0.25, 0.3) is 6.47 Å². The molecule has 54 valence electrons. The molecule has 7 heteroatoms. The molecule has 0 radical (unpaired) electrons. The van der Waals surface area contributed by atoms with Crippen LogP contribution in [0.1, 0.15) is 0 Å². The van der Waals surface area contributed by atoms with E-state index < -0.39 is 12.9 Å². The van der Waals surface area contributed by atoms with Crippen LogP contribution in [0.2, 0.25) is 0 Å². The third kappa shape index (κ3) is 274. The molecule has 0 aromatic heterocycles. The van der Waals surface area contributed by atoms with Crippen molar-refractivity contribution in [3.05, 3.63) is 0 Å². The third-order valence-corrected chi connectivity index (χ3v) is 0. The molecule has 6 nitrogen and oxygen atoms in total. The van der Waals surface area contributed by atoms with Crippen molar-refractivity contribution < 1.29 is 49.2 Å². The molecule has 0 spiro atoms. The van der Waals surface area contributed by atoms with E-state index in [0.717, 1.165) is 0 Å². The average Bonchev–Trinajstić information content (AvgIpc) is 1.70. The van der Waals surface area contributed by atoms with Crippen molar-refractivity contribution in [3.63, 3.8) is 0 Å². The van der Waals surface area contributed by atoms with Gasteiger partial charge in [-0.25, -0.2) is 0 Å². The minimum Gasteiger partial charge on any atom is -0.554 e. The molecule has 0 heterocycles. The van der Waals surface area contributed by atoms with Crippen LogP contribution in [0.15, 0.2) is 0 Å². The molecule has 0 aromatic carbocycles. The van der Waals surface area contributed by atoms with E-state index >= 15 is 0 Å². The number of hydrogen-bond donors (Lipinski definition) is 1. The largest absolute Gasteiger partial charge is 2.00 e. The number of carboxylic acid groups (broad SMARTS) is 3. The summed E-state index contributed by atoms with van der Waals surface area (Å²) in [7, 11) is 0. The zero-order chi connectivity index (χ0) is 8.12. The fraction of sp³-hybridized carbons (Fsp3) is 0. The van der Waals surface area contributed by atoms with E-state index in [-0.39, 0.29) is 26.0 Å². The van der Waals surface area contributed by atoms with Gasteiger partial charge >= 0.3 is 19.5 Å². The number of hydrogen-bond acceptors (Lipinski definition) is 5. The van der Waals surface area contributed by atoms with Crippen LogP contribution in [0.5, 0.6) is 0 Å². The predicted octanol–water partition coefficient (Wildman–Crippen LogP) is -3.57. The zero-order valence-corrected chi connectivity index (χ0v) is 7.89. The first kappa shape index (κ1) is 23.0. The van der Waals surface area contributed by atoms with Crippen LogP contribution in [-0.2, 0) is 33.9 Å². The standard InChI is InChI=1S/3CH2O2.Zn/c3*2-1-3;/h3*1H,(H,2,3);/q;;;+2/p-2. The van der Waals surface area contributed by atoms with E-state index in [9.17, 15) is 0 Å². The van der Waals surface area contributed by atoms with Crippen LogP contribution in [0.4, 0.5) is 0 Å². The maximum Gasteiger partial charge on any atom is 2.00 e. The molecule has 0 aliphatic carbocycles. The molecule has 0 bridgehead atoms. The Morgan fingerprint density at radius 3 is 1.00 bits per heavy atom. The molecule has 0 unspecified atom stereocenters. The first-order valence-electron chi connectivity index (χ1n) is 1.44. The molecule has 0 amide bonds. The smallest absolute Gasteiger partial charge is 0.554 e. The summed E-state index contributed by atoms with van der Waals surface area (Å²) in [5.41, 5.74) is 0. The van der Waals surface area contributed by atoms with Gasteiger partial charge in [0.15, 0.2) is 0 Å². The van der Waals surface area contributed by atoms with E-state index in [0.29, 0.717) is 0 Å². The normalized spacial score (nSPS) is 3.60. The number of carbonyl (C=O) groups excluding carboxylic acids is 2. The quantitative estimate of drug-likeness (QED) is 0.320. The van der Waals surface area contributed by atoms with Crippen LogP contribution in [0.3, 0.4) is 0 Å². The van der Waals surface area contributed by atoms with E-state index in [4.69, 9.17) is 29.7 Å². The summed E-state index contributed by atoms with van der Waals surface area (Å²) >= 11 is 0. The molecule has 1 N–H and O–H groups in total. The minimum absolute atomic E-state index is 0. The summed E-state index contributed by atoms with van der Waals surface area (Å²) in [4.78, 5) is 24.9. The number of rotatable bonds is 0. The molecule has 0 saturated carbocycles. The zero-order valence-electron chi connectivity index (χ0n) is 4.93. The maximum atomic E-state index is 8.36. The van der Waals surface area contributed by atoms with Crippen molar-refractivity contribution in [1.29, 1.82) is 0 Å². The Balaban J connectivity index is -0.0000000257. The maximum absolute atomic E-state index is 8.36. The van der Waals surface area contributed by atoms with Gasteiger partial charge in [0.1, 0.15) is 0 Å². The Hall–Kier alpha value is -0.967. The fourth-order valence-corrected chi connectivity index (χ4v) is 0. The minimum atomic E-state index is -0.500. The van der Waals surface area contributed by atoms with Crippen LogP contribution in [0.25, 0.3) is 0 Å². The van der Waals surface area contributed by atoms with Crippen LogP contribution >= 0.6 is 0 Å². The molecule has 10 heavy (non-hydrogen) atoms. The predicted molar refractivity (Wildman–Crippen MR) is 20.8 cm³/mol. The molecule has 0 fully saturated rings. The summed E-state index contributed by atoms with van der Waals surface area (Å²) in [6, 6.07) is 0. The Labute approximate surface area is 69.2 Å². The van der Waals surface area contributed by atoms with E-state index in [2.05, 4.69) is 0 Å². The molecular formula is C3H4O6Zn. The van der Waals surface area contributed by atoms with Crippen LogP contribution < -0.4 is 10.2 Å². The molecule has 0 saturated heterocycles. The second-order valence-electron chi connectivity index (χ2n) is 0.298.